The Morgan fingerprint density at radius 1 is 1.16 bits per heavy atom. The van der Waals surface area contributed by atoms with Crippen LogP contribution >= 0.6 is 23.3 Å². The van der Waals surface area contributed by atoms with E-state index in [4.69, 9.17) is 5.73 Å². The number of thioether (sulfide) groups is 1. The van der Waals surface area contributed by atoms with Gasteiger partial charge in [-0.2, -0.15) is 13.9 Å². The molecule has 0 radical (unpaired) electrons. The summed E-state index contributed by atoms with van der Waals surface area (Å²) in [7, 11) is 0. The number of nitrogens with two attached hydrogens (primary N) is 1. The molecule has 2 atom stereocenters. The molecule has 19 heteroatoms. The van der Waals surface area contributed by atoms with Crippen molar-refractivity contribution in [2.75, 3.05) is 23.3 Å². The van der Waals surface area contributed by atoms with Crippen LogP contribution in [0.15, 0.2) is 76.9 Å². The molecule has 3 aliphatic rings. The molecule has 3 aliphatic heterocycles. The van der Waals surface area contributed by atoms with E-state index in [9.17, 15) is 39.4 Å². The van der Waals surface area contributed by atoms with Crippen LogP contribution in [0.2, 0.25) is 0 Å². The average molecular weight is 706 g/mol. The van der Waals surface area contributed by atoms with Gasteiger partial charge < -0.3 is 41.5 Å². The number of nitrogens with one attached hydrogen (secondary N) is 2. The summed E-state index contributed by atoms with van der Waals surface area (Å²) in [5, 5.41) is 38.3. The minimum Gasteiger partial charge on any atom is -0.543 e. The number of allylic oxidation sites excluding steroid dienone is 1. The lowest BCUT2D eigenvalue weighted by Gasteiger charge is -2.50. The molecule has 4 amide bonds. The topological polar surface area (TPSA) is 247 Å². The summed E-state index contributed by atoms with van der Waals surface area (Å²) in [5.74, 6) is -3.84. The van der Waals surface area contributed by atoms with Crippen LogP contribution in [-0.4, -0.2) is 88.5 Å². The number of nitrogens with zero attached hydrogens (tertiary/aromatic N) is 6. The van der Waals surface area contributed by atoms with E-state index in [-0.39, 0.29) is 58.6 Å². The third-order valence-corrected chi connectivity index (χ3v) is 9.66. The first kappa shape index (κ1) is 33.1. The van der Waals surface area contributed by atoms with Crippen molar-refractivity contribution in [3.8, 4) is 5.75 Å². The molecular formula is C30H27N9O8S2. The number of hydrogen-bond donors (Lipinski definition) is 5. The number of phenolic OH excluding ortho intramolecular Hbond substituents is 1. The summed E-state index contributed by atoms with van der Waals surface area (Å²) in [6, 6.07) is 8.58. The summed E-state index contributed by atoms with van der Waals surface area (Å²) in [5.41, 5.74) is 6.56. The van der Waals surface area contributed by atoms with Gasteiger partial charge in [-0.05, 0) is 47.9 Å². The highest BCUT2D eigenvalue weighted by Crippen LogP contribution is 2.41. The van der Waals surface area contributed by atoms with Crippen LogP contribution in [0.5, 0.6) is 5.75 Å². The maximum atomic E-state index is 13.3. The number of oxime groups is 1. The molecule has 17 nitrogen and oxygen atoms in total. The standard InChI is InChI=1S/C30H27N9O8S2/c31-30-34-24(36-49-30)21(35-47)25(42)33-22-27(44)39-23(29(45)46)17(14-48-28(22)39)11-16-7-10-38(26(16)43)12-15-5-8-37(9-6-15)13-20(41)32-18-1-3-19(40)4-2-18/h1-6,8-9,11,22,28H,7,10,12-14H2,(H6-,31,32,33,34,35,36,40,41,42,45,46,47)/t22-,28-/m1/s1. The molecule has 2 saturated heterocycles. The molecule has 0 bridgehead atoms. The largest absolute Gasteiger partial charge is 0.543 e. The number of amides is 4. The minimum absolute atomic E-state index is 0.0339. The van der Waals surface area contributed by atoms with Crippen molar-refractivity contribution in [1.29, 1.82) is 0 Å². The highest BCUT2D eigenvalue weighted by atomic mass is 32.2. The summed E-state index contributed by atoms with van der Waals surface area (Å²) < 4.78 is 5.50. The fourth-order valence-electron chi connectivity index (χ4n) is 5.47. The number of aliphatic carboxylic acids is 1. The van der Waals surface area contributed by atoms with Gasteiger partial charge in [0.25, 0.3) is 17.7 Å². The summed E-state index contributed by atoms with van der Waals surface area (Å²) in [6.45, 7) is 0.729. The van der Waals surface area contributed by atoms with Gasteiger partial charge in [0.1, 0.15) is 17.2 Å². The second-order valence-electron chi connectivity index (χ2n) is 11.0. The number of fused-ring (bicyclic) bond motifs is 1. The molecule has 6 N–H and O–H groups in total. The molecule has 6 rings (SSSR count). The van der Waals surface area contributed by atoms with Crippen molar-refractivity contribution >= 4 is 69.4 Å². The van der Waals surface area contributed by atoms with Crippen LogP contribution in [0.4, 0.5) is 10.8 Å². The zero-order valence-electron chi connectivity index (χ0n) is 25.3. The first-order valence-electron chi connectivity index (χ1n) is 14.6. The third kappa shape index (κ3) is 6.92. The van der Waals surface area contributed by atoms with Gasteiger partial charge in [0.2, 0.25) is 24.0 Å². The van der Waals surface area contributed by atoms with Crippen molar-refractivity contribution in [3.05, 3.63) is 83.1 Å². The Morgan fingerprint density at radius 3 is 2.55 bits per heavy atom. The van der Waals surface area contributed by atoms with Crippen LogP contribution in [0.25, 0.3) is 0 Å². The van der Waals surface area contributed by atoms with Crippen molar-refractivity contribution in [1.82, 2.24) is 24.5 Å². The van der Waals surface area contributed by atoms with E-state index in [1.807, 2.05) is 0 Å². The summed E-state index contributed by atoms with van der Waals surface area (Å²) >= 11 is 1.97. The smallest absolute Gasteiger partial charge is 0.290 e. The molecule has 0 aliphatic carbocycles. The molecule has 252 valence electrons. The first-order chi connectivity index (χ1) is 23.5. The van der Waals surface area contributed by atoms with Crippen molar-refractivity contribution in [3.63, 3.8) is 0 Å². The highest BCUT2D eigenvalue weighted by Gasteiger charge is 2.53. The Labute approximate surface area is 285 Å². The van der Waals surface area contributed by atoms with E-state index in [1.54, 1.807) is 46.1 Å². The minimum atomic E-state index is -1.60. The number of rotatable bonds is 10. The van der Waals surface area contributed by atoms with E-state index >= 15 is 0 Å². The quantitative estimate of drug-likeness (QED) is 0.0314. The number of anilines is 2. The Balaban J connectivity index is 1.08. The number of carboxylic acid groups (broad SMARTS) is 1. The zero-order valence-corrected chi connectivity index (χ0v) is 26.9. The molecule has 0 saturated carbocycles. The molecule has 3 aromatic rings. The van der Waals surface area contributed by atoms with E-state index in [0.29, 0.717) is 24.2 Å². The highest BCUT2D eigenvalue weighted by molar-refractivity contribution is 8.00. The predicted octanol–water partition coefficient (Wildman–Crippen LogP) is -1.31. The number of pyridine rings is 1. The number of aromatic nitrogens is 3. The maximum absolute atomic E-state index is 13.3. The molecule has 49 heavy (non-hydrogen) atoms. The van der Waals surface area contributed by atoms with Crippen LogP contribution in [0.3, 0.4) is 0 Å². The van der Waals surface area contributed by atoms with Crippen LogP contribution < -0.4 is 26.0 Å². The van der Waals surface area contributed by atoms with Crippen LogP contribution in [-0.2, 0) is 37.1 Å². The van der Waals surface area contributed by atoms with E-state index < -0.39 is 34.9 Å². The monoisotopic (exact) mass is 705 g/mol. The van der Waals surface area contributed by atoms with Gasteiger partial charge >= 0.3 is 0 Å². The van der Waals surface area contributed by atoms with E-state index in [2.05, 4.69) is 25.1 Å². The van der Waals surface area contributed by atoms with E-state index in [1.165, 1.54) is 30.0 Å². The fraction of sp³-hybridized carbons (Fsp3) is 0.233. The number of likely N-dealkylation sites (tertiary alicyclic amines) is 1. The lowest BCUT2D eigenvalue weighted by molar-refractivity contribution is -0.684. The normalized spacial score (nSPS) is 19.9. The number of carbonyl (C=O) groups excluding carboxylic acids is 5. The SMILES string of the molecule is Nc1nc(/C(=N/O)C(=O)N[C@@H]2C(=O)N3C(C(=O)[O-])=C(C=C4CCN(Cc5cc[n+](CC(=O)Nc6ccc(O)cc6)cc5)C4=O)CS[C@H]23)ns1. The van der Waals surface area contributed by atoms with Crippen LogP contribution in [0, 0.1) is 0 Å². The van der Waals surface area contributed by atoms with Gasteiger partial charge in [-0.15, -0.1) is 11.8 Å². The number of β-lactam (4-membered cyclic amide) rings is 1. The maximum Gasteiger partial charge on any atom is 0.290 e. The number of phenols is 1. The molecule has 2 aromatic heterocycles. The van der Waals surface area contributed by atoms with Crippen molar-refractivity contribution in [2.24, 2.45) is 5.16 Å². The third-order valence-electron chi connectivity index (χ3n) is 7.82. The molecule has 0 spiro atoms. The first-order valence-corrected chi connectivity index (χ1v) is 16.4. The predicted molar refractivity (Wildman–Crippen MR) is 171 cm³/mol. The summed E-state index contributed by atoms with van der Waals surface area (Å²) in [4.78, 5) is 70.1. The molecular weight excluding hydrogens is 679 g/mol. The van der Waals surface area contributed by atoms with Gasteiger partial charge in [-0.3, -0.25) is 24.1 Å². The zero-order chi connectivity index (χ0) is 34.8. The Kier molecular flexibility index (Phi) is 9.27. The lowest BCUT2D eigenvalue weighted by Crippen LogP contribution is -2.71. The van der Waals surface area contributed by atoms with Crippen molar-refractivity contribution < 1.29 is 44.0 Å². The Morgan fingerprint density at radius 2 is 1.90 bits per heavy atom. The van der Waals surface area contributed by atoms with Gasteiger partial charge in [-0.1, -0.05) is 5.16 Å². The van der Waals surface area contributed by atoms with Gasteiger partial charge in [0.15, 0.2) is 17.5 Å². The second kappa shape index (κ2) is 13.7. The Hall–Kier alpha value is -5.82. The number of carbonyl (C=O) groups is 5. The van der Waals surface area contributed by atoms with E-state index in [0.717, 1.165) is 22.0 Å². The van der Waals surface area contributed by atoms with Gasteiger partial charge in [-0.25, -0.2) is 0 Å². The molecule has 5 heterocycles. The Bertz CT molecular complexity index is 1940. The fourth-order valence-corrected chi connectivity index (χ4v) is 7.21. The summed E-state index contributed by atoms with van der Waals surface area (Å²) in [6.07, 6.45) is 5.28. The number of benzene rings is 1. The average Bonchev–Trinajstić information content (AvgIpc) is 3.66. The van der Waals surface area contributed by atoms with Crippen LogP contribution in [0.1, 0.15) is 17.8 Å². The molecule has 2 fully saturated rings. The number of hydrogen-bond acceptors (Lipinski definition) is 14. The lowest BCUT2D eigenvalue weighted by atomic mass is 10.0. The number of carboxylic acids is 1. The second-order valence-corrected chi connectivity index (χ2v) is 12.9. The molecule has 0 unspecified atom stereocenters. The van der Waals surface area contributed by atoms with Gasteiger partial charge in [0.05, 0.1) is 11.7 Å². The van der Waals surface area contributed by atoms with Gasteiger partial charge in [0, 0.05) is 53.8 Å². The number of aromatic hydroxyl groups is 1. The molecule has 1 aromatic carbocycles. The number of nitrogen functional groups attached to an aromatic ring is 1. The van der Waals surface area contributed by atoms with Crippen molar-refractivity contribution in [2.45, 2.75) is 30.9 Å².